The van der Waals surface area contributed by atoms with E-state index < -0.39 is 15.9 Å². The van der Waals surface area contributed by atoms with Crippen LogP contribution in [-0.4, -0.2) is 41.8 Å². The Morgan fingerprint density at radius 1 is 1.18 bits per heavy atom. The van der Waals surface area contributed by atoms with Gasteiger partial charge in [-0.25, -0.2) is 18.4 Å². The van der Waals surface area contributed by atoms with Gasteiger partial charge in [0, 0.05) is 11.8 Å². The van der Waals surface area contributed by atoms with Crippen LogP contribution < -0.4 is 15.4 Å². The molecule has 34 heavy (non-hydrogen) atoms. The second kappa shape index (κ2) is 10.9. The van der Waals surface area contributed by atoms with Crippen molar-refractivity contribution in [3.8, 4) is 0 Å². The van der Waals surface area contributed by atoms with Gasteiger partial charge in [-0.1, -0.05) is 49.4 Å². The number of rotatable bonds is 8. The Labute approximate surface area is 214 Å². The van der Waals surface area contributed by atoms with Gasteiger partial charge in [0.05, 0.1) is 43.7 Å². The third-order valence-electron chi connectivity index (χ3n) is 5.90. The van der Waals surface area contributed by atoms with Gasteiger partial charge in [0.15, 0.2) is 0 Å². The summed E-state index contributed by atoms with van der Waals surface area (Å²) in [5, 5.41) is 6.57. The summed E-state index contributed by atoms with van der Waals surface area (Å²) in [7, 11) is -3.56. The monoisotopic (exact) mass is 543 g/mol. The first-order chi connectivity index (χ1) is 16.3. The van der Waals surface area contributed by atoms with Crippen LogP contribution in [0, 0.1) is 0 Å². The predicted molar refractivity (Wildman–Crippen MR) is 139 cm³/mol. The number of thioether (sulfide) groups is 1. The van der Waals surface area contributed by atoms with Crippen molar-refractivity contribution in [2.24, 2.45) is 0 Å². The third kappa shape index (κ3) is 5.72. The van der Waals surface area contributed by atoms with Crippen LogP contribution in [0.5, 0.6) is 0 Å². The molecule has 2 heterocycles. The minimum Gasteiger partial charge on any atom is -0.366 e. The highest BCUT2D eigenvalue weighted by molar-refractivity contribution is 7.99. The number of hydrogen-bond donors (Lipinski definition) is 3. The summed E-state index contributed by atoms with van der Waals surface area (Å²) < 4.78 is 26.8. The molecule has 1 unspecified atom stereocenters. The van der Waals surface area contributed by atoms with Gasteiger partial charge in [-0.2, -0.15) is 0 Å². The molecule has 1 atom stereocenters. The molecule has 2 aromatic rings. The van der Waals surface area contributed by atoms with Crippen molar-refractivity contribution in [1.29, 1.82) is 0 Å². The number of amides is 1. The zero-order valence-electron chi connectivity index (χ0n) is 18.7. The van der Waals surface area contributed by atoms with E-state index in [2.05, 4.69) is 25.3 Å². The Kier molecular flexibility index (Phi) is 8.12. The molecule has 1 aromatic heterocycles. The van der Waals surface area contributed by atoms with E-state index in [9.17, 15) is 13.2 Å². The molecule has 0 saturated heterocycles. The standard InChI is InChI=1S/C22H27Cl2N5O3S2/c1-2-10-34(31,32)29-16-9-8-15(23)19(17(16)24)28-22(30)14-11-33-20-18(14)25-12-26-21(20)27-13-6-4-3-5-7-13/h8-9,12-14,29H,2-7,10-11H2,1H3,(H,28,30)(H,25,26,27). The topological polar surface area (TPSA) is 113 Å². The fourth-order valence-electron chi connectivity index (χ4n) is 4.21. The lowest BCUT2D eigenvalue weighted by Crippen LogP contribution is -2.24. The maximum absolute atomic E-state index is 13.2. The predicted octanol–water partition coefficient (Wildman–Crippen LogP) is 5.51. The smallest absolute Gasteiger partial charge is 0.234 e. The van der Waals surface area contributed by atoms with Crippen LogP contribution in [0.15, 0.2) is 23.4 Å². The van der Waals surface area contributed by atoms with Gasteiger partial charge in [-0.05, 0) is 31.4 Å². The molecule has 0 bridgehead atoms. The fraction of sp³-hybridized carbons (Fsp3) is 0.500. The number of anilines is 3. The highest BCUT2D eigenvalue weighted by atomic mass is 35.5. The second-order valence-electron chi connectivity index (χ2n) is 8.47. The normalized spacial score (nSPS) is 18.4. The molecule has 1 aromatic carbocycles. The number of hydrogen-bond acceptors (Lipinski definition) is 7. The molecule has 1 aliphatic heterocycles. The number of nitrogens with one attached hydrogen (secondary N) is 3. The summed E-state index contributed by atoms with van der Waals surface area (Å²) in [4.78, 5) is 22.9. The summed E-state index contributed by atoms with van der Waals surface area (Å²) in [6.07, 6.45) is 7.85. The Hall–Kier alpha value is -1.75. The van der Waals surface area contributed by atoms with E-state index in [1.54, 1.807) is 18.7 Å². The number of fused-ring (bicyclic) bond motifs is 1. The van der Waals surface area contributed by atoms with E-state index >= 15 is 0 Å². The van der Waals surface area contributed by atoms with Crippen LogP contribution in [0.25, 0.3) is 0 Å². The van der Waals surface area contributed by atoms with Crippen molar-refractivity contribution in [2.45, 2.75) is 62.3 Å². The molecule has 1 saturated carbocycles. The Bertz CT molecular complexity index is 1170. The van der Waals surface area contributed by atoms with Crippen molar-refractivity contribution < 1.29 is 13.2 Å². The summed E-state index contributed by atoms with van der Waals surface area (Å²) in [6.45, 7) is 1.77. The third-order valence-corrected chi connectivity index (χ3v) is 9.27. The lowest BCUT2D eigenvalue weighted by Gasteiger charge is -2.24. The Balaban J connectivity index is 1.53. The fourth-order valence-corrected chi connectivity index (χ4v) is 7.16. The zero-order valence-corrected chi connectivity index (χ0v) is 21.9. The van der Waals surface area contributed by atoms with Gasteiger partial charge in [-0.15, -0.1) is 11.8 Å². The average Bonchev–Trinajstić information content (AvgIpc) is 3.24. The molecule has 1 amide bonds. The number of benzene rings is 1. The summed E-state index contributed by atoms with van der Waals surface area (Å²) >= 11 is 14.3. The zero-order chi connectivity index (χ0) is 24.3. The minimum atomic E-state index is -3.56. The Morgan fingerprint density at radius 3 is 2.68 bits per heavy atom. The average molecular weight is 545 g/mol. The second-order valence-corrected chi connectivity index (χ2v) is 12.1. The maximum atomic E-state index is 13.2. The molecule has 2 aliphatic rings. The van der Waals surface area contributed by atoms with Crippen LogP contribution in [0.3, 0.4) is 0 Å². The first-order valence-electron chi connectivity index (χ1n) is 11.3. The van der Waals surface area contributed by atoms with Crippen LogP contribution in [-0.2, 0) is 14.8 Å². The van der Waals surface area contributed by atoms with Gasteiger partial charge in [0.2, 0.25) is 15.9 Å². The number of nitrogens with zero attached hydrogens (tertiary/aromatic N) is 2. The summed E-state index contributed by atoms with van der Waals surface area (Å²) in [5.41, 5.74) is 0.998. The lowest BCUT2D eigenvalue weighted by atomic mass is 9.95. The van der Waals surface area contributed by atoms with Crippen molar-refractivity contribution in [2.75, 3.05) is 26.9 Å². The number of carbonyl (C=O) groups is 1. The summed E-state index contributed by atoms with van der Waals surface area (Å²) in [6, 6.07) is 3.36. The van der Waals surface area contributed by atoms with Crippen molar-refractivity contribution in [3.63, 3.8) is 0 Å². The van der Waals surface area contributed by atoms with Gasteiger partial charge in [-0.3, -0.25) is 9.52 Å². The first-order valence-corrected chi connectivity index (χ1v) is 14.7. The van der Waals surface area contributed by atoms with Crippen molar-refractivity contribution in [3.05, 3.63) is 34.2 Å². The highest BCUT2D eigenvalue weighted by Gasteiger charge is 2.34. The molecule has 8 nitrogen and oxygen atoms in total. The molecule has 0 radical (unpaired) electrons. The SMILES string of the molecule is CCCS(=O)(=O)Nc1ccc(Cl)c(NC(=O)C2CSc3c(NC4CCCCC4)ncnc32)c1Cl. The Morgan fingerprint density at radius 2 is 1.94 bits per heavy atom. The van der Waals surface area contributed by atoms with E-state index in [1.165, 1.54) is 37.7 Å². The van der Waals surface area contributed by atoms with Crippen LogP contribution in [0.1, 0.15) is 57.1 Å². The molecule has 1 aliphatic carbocycles. The minimum absolute atomic E-state index is 0.0359. The van der Waals surface area contributed by atoms with Crippen LogP contribution >= 0.6 is 35.0 Å². The van der Waals surface area contributed by atoms with Gasteiger partial charge in [0.25, 0.3) is 0 Å². The van der Waals surface area contributed by atoms with E-state index in [4.69, 9.17) is 23.2 Å². The molecular formula is C22H27Cl2N5O3S2. The quantitative estimate of drug-likeness (QED) is 0.402. The number of halogens is 2. The molecule has 0 spiro atoms. The largest absolute Gasteiger partial charge is 0.366 e. The van der Waals surface area contributed by atoms with Crippen molar-refractivity contribution in [1.82, 2.24) is 9.97 Å². The lowest BCUT2D eigenvalue weighted by molar-refractivity contribution is -0.117. The van der Waals surface area contributed by atoms with E-state index in [0.29, 0.717) is 23.9 Å². The van der Waals surface area contributed by atoms with Gasteiger partial charge >= 0.3 is 0 Å². The first kappa shape index (κ1) is 25.3. The van der Waals surface area contributed by atoms with Crippen LogP contribution in [0.4, 0.5) is 17.2 Å². The van der Waals surface area contributed by atoms with Crippen molar-refractivity contribution >= 4 is 68.1 Å². The molecule has 4 rings (SSSR count). The molecule has 1 fully saturated rings. The molecule has 3 N–H and O–H groups in total. The summed E-state index contributed by atoms with van der Waals surface area (Å²) in [5.74, 6) is 0.423. The van der Waals surface area contributed by atoms with Crippen LogP contribution in [0.2, 0.25) is 10.0 Å². The van der Waals surface area contributed by atoms with Gasteiger partial charge in [0.1, 0.15) is 12.1 Å². The molecule has 184 valence electrons. The molecule has 12 heteroatoms. The number of carbonyl (C=O) groups excluding carboxylic acids is 1. The maximum Gasteiger partial charge on any atom is 0.234 e. The van der Waals surface area contributed by atoms with E-state index in [1.807, 2.05) is 0 Å². The highest BCUT2D eigenvalue weighted by Crippen LogP contribution is 2.44. The van der Waals surface area contributed by atoms with E-state index in [-0.39, 0.29) is 33.1 Å². The van der Waals surface area contributed by atoms with Gasteiger partial charge < -0.3 is 10.6 Å². The van der Waals surface area contributed by atoms with E-state index in [0.717, 1.165) is 23.6 Å². The number of aromatic nitrogens is 2. The number of sulfonamides is 1. The molecular weight excluding hydrogens is 517 g/mol.